The highest BCUT2D eigenvalue weighted by atomic mass is 32.1. The average Bonchev–Trinajstić information content (AvgIpc) is 3.17. The zero-order valence-corrected chi connectivity index (χ0v) is 13.8. The van der Waals surface area contributed by atoms with Crippen molar-refractivity contribution in [2.75, 3.05) is 26.3 Å². The topological polar surface area (TPSA) is 71.5 Å². The minimum atomic E-state index is -0.290. The van der Waals surface area contributed by atoms with E-state index >= 15 is 0 Å². The van der Waals surface area contributed by atoms with Crippen molar-refractivity contribution in [3.05, 3.63) is 58.2 Å². The van der Waals surface area contributed by atoms with Gasteiger partial charge in [0, 0.05) is 25.5 Å². The number of hydrogen-bond donors (Lipinski definition) is 1. The molecule has 124 valence electrons. The first-order chi connectivity index (χ1) is 11.7. The lowest BCUT2D eigenvalue weighted by molar-refractivity contribution is -0.131. The first-order valence-corrected chi connectivity index (χ1v) is 8.45. The number of ether oxygens (including phenoxy) is 1. The molecule has 1 N–H and O–H groups in total. The normalized spacial score (nSPS) is 15.2. The molecule has 1 fully saturated rings. The molecule has 2 amide bonds. The van der Waals surface area contributed by atoms with E-state index in [2.05, 4.69) is 10.3 Å². The molecular formula is C17H17N3O3S. The van der Waals surface area contributed by atoms with E-state index in [1.165, 1.54) is 11.3 Å². The van der Waals surface area contributed by atoms with Gasteiger partial charge in [-0.2, -0.15) is 0 Å². The van der Waals surface area contributed by atoms with Crippen molar-refractivity contribution in [1.29, 1.82) is 0 Å². The minimum absolute atomic E-state index is 0.216. The summed E-state index contributed by atoms with van der Waals surface area (Å²) in [5.41, 5.74) is 0.990. The van der Waals surface area contributed by atoms with Crippen LogP contribution in [0.5, 0.6) is 0 Å². The molecule has 0 spiro atoms. The summed E-state index contributed by atoms with van der Waals surface area (Å²) < 4.78 is 5.28. The quantitative estimate of drug-likeness (QED) is 0.859. The first-order valence-electron chi connectivity index (χ1n) is 7.57. The van der Waals surface area contributed by atoms with Gasteiger partial charge in [0.25, 0.3) is 11.8 Å². The summed E-state index contributed by atoms with van der Waals surface area (Å²) in [7, 11) is 0. The Kier molecular flexibility index (Phi) is 5.35. The Balaban J connectivity index is 1.84. The number of nitrogens with one attached hydrogen (secondary N) is 1. The van der Waals surface area contributed by atoms with Crippen molar-refractivity contribution in [3.63, 3.8) is 0 Å². The molecule has 0 atom stereocenters. The zero-order chi connectivity index (χ0) is 16.8. The summed E-state index contributed by atoms with van der Waals surface area (Å²) in [5.74, 6) is -0.506. The molecule has 0 radical (unpaired) electrons. The van der Waals surface area contributed by atoms with Gasteiger partial charge in [-0.15, -0.1) is 11.3 Å². The molecule has 3 heterocycles. The third kappa shape index (κ3) is 4.06. The predicted octanol–water partition coefficient (Wildman–Crippen LogP) is 1.77. The number of hydrogen-bond acceptors (Lipinski definition) is 5. The summed E-state index contributed by atoms with van der Waals surface area (Å²) in [5, 5.41) is 4.56. The first kappa shape index (κ1) is 16.4. The molecule has 0 aromatic carbocycles. The van der Waals surface area contributed by atoms with Crippen LogP contribution in [0.25, 0.3) is 6.08 Å². The van der Waals surface area contributed by atoms with Crippen LogP contribution in [0, 0.1) is 0 Å². The molecule has 1 saturated heterocycles. The van der Waals surface area contributed by atoms with Gasteiger partial charge in [0.05, 0.1) is 18.1 Å². The fourth-order valence-corrected chi connectivity index (χ4v) is 2.93. The molecule has 7 heteroatoms. The number of morpholine rings is 1. The van der Waals surface area contributed by atoms with E-state index < -0.39 is 0 Å². The maximum atomic E-state index is 12.8. The van der Waals surface area contributed by atoms with Gasteiger partial charge in [0.2, 0.25) is 0 Å². The summed E-state index contributed by atoms with van der Waals surface area (Å²) in [4.78, 5) is 31.4. The number of thiophene rings is 1. The van der Waals surface area contributed by atoms with Crippen molar-refractivity contribution in [1.82, 2.24) is 15.2 Å². The molecule has 2 aromatic rings. The molecule has 0 unspecified atom stereocenters. The Labute approximate surface area is 143 Å². The van der Waals surface area contributed by atoms with Crippen LogP contribution in [-0.2, 0) is 9.53 Å². The second-order valence-electron chi connectivity index (χ2n) is 5.18. The van der Waals surface area contributed by atoms with Crippen molar-refractivity contribution in [3.8, 4) is 0 Å². The van der Waals surface area contributed by atoms with E-state index in [1.807, 2.05) is 11.4 Å². The number of aromatic nitrogens is 1. The van der Waals surface area contributed by atoms with Crippen LogP contribution in [0.4, 0.5) is 0 Å². The van der Waals surface area contributed by atoms with Crippen LogP contribution in [0.15, 0.2) is 47.7 Å². The lowest BCUT2D eigenvalue weighted by Crippen LogP contribution is -2.44. The highest BCUT2D eigenvalue weighted by molar-refractivity contribution is 7.12. The van der Waals surface area contributed by atoms with E-state index in [1.54, 1.807) is 41.6 Å². The van der Waals surface area contributed by atoms with Crippen LogP contribution in [-0.4, -0.2) is 48.0 Å². The molecule has 1 aliphatic rings. The van der Waals surface area contributed by atoms with Crippen molar-refractivity contribution >= 4 is 29.2 Å². The Morgan fingerprint density at radius 3 is 2.75 bits per heavy atom. The van der Waals surface area contributed by atoms with E-state index in [9.17, 15) is 9.59 Å². The lowest BCUT2D eigenvalue weighted by atomic mass is 10.2. The van der Waals surface area contributed by atoms with Crippen molar-refractivity contribution < 1.29 is 14.3 Å². The van der Waals surface area contributed by atoms with Gasteiger partial charge in [0.1, 0.15) is 5.70 Å². The maximum absolute atomic E-state index is 12.8. The summed E-state index contributed by atoms with van der Waals surface area (Å²) in [6.45, 7) is 2.03. The zero-order valence-electron chi connectivity index (χ0n) is 13.0. The second kappa shape index (κ2) is 7.85. The average molecular weight is 343 g/mol. The Bertz CT molecular complexity index is 723. The molecule has 24 heavy (non-hydrogen) atoms. The van der Waals surface area contributed by atoms with Crippen molar-refractivity contribution in [2.24, 2.45) is 0 Å². The van der Waals surface area contributed by atoms with Gasteiger partial charge in [0.15, 0.2) is 0 Å². The van der Waals surface area contributed by atoms with Crippen LogP contribution < -0.4 is 5.32 Å². The number of pyridine rings is 1. The molecule has 0 bridgehead atoms. The third-order valence-electron chi connectivity index (χ3n) is 3.52. The van der Waals surface area contributed by atoms with E-state index in [-0.39, 0.29) is 17.5 Å². The standard InChI is InChI=1S/C17H17N3O3S/c21-16(15-4-2-10-24-15)19-14(11-13-3-1-5-18-12-13)17(22)20-6-8-23-9-7-20/h1-5,10-12H,6-9H2,(H,19,21)/b14-11+. The summed E-state index contributed by atoms with van der Waals surface area (Å²) in [6.07, 6.45) is 4.95. The fourth-order valence-electron chi connectivity index (χ4n) is 2.31. The SMILES string of the molecule is O=C(N/C(=C/c1cccnc1)C(=O)N1CCOCC1)c1cccs1. The monoisotopic (exact) mass is 343 g/mol. The van der Waals surface area contributed by atoms with E-state index in [4.69, 9.17) is 4.74 Å². The fraction of sp³-hybridized carbons (Fsp3) is 0.235. The Morgan fingerprint density at radius 2 is 2.08 bits per heavy atom. The molecular weight excluding hydrogens is 326 g/mol. The molecule has 2 aromatic heterocycles. The summed E-state index contributed by atoms with van der Waals surface area (Å²) in [6, 6.07) is 7.13. The highest BCUT2D eigenvalue weighted by Crippen LogP contribution is 2.12. The molecule has 1 aliphatic heterocycles. The number of amides is 2. The smallest absolute Gasteiger partial charge is 0.270 e. The Morgan fingerprint density at radius 1 is 1.25 bits per heavy atom. The number of carbonyl (C=O) groups excluding carboxylic acids is 2. The Hall–Kier alpha value is -2.51. The molecule has 3 rings (SSSR count). The molecule has 0 saturated carbocycles. The largest absolute Gasteiger partial charge is 0.378 e. The van der Waals surface area contributed by atoms with Crippen LogP contribution in [0.1, 0.15) is 15.2 Å². The molecule has 6 nitrogen and oxygen atoms in total. The van der Waals surface area contributed by atoms with Crippen molar-refractivity contribution in [2.45, 2.75) is 0 Å². The minimum Gasteiger partial charge on any atom is -0.378 e. The van der Waals surface area contributed by atoms with Gasteiger partial charge in [-0.25, -0.2) is 0 Å². The van der Waals surface area contributed by atoms with Gasteiger partial charge in [-0.05, 0) is 29.2 Å². The van der Waals surface area contributed by atoms with Crippen LogP contribution >= 0.6 is 11.3 Å². The predicted molar refractivity (Wildman–Crippen MR) is 91.4 cm³/mol. The van der Waals surface area contributed by atoms with Crippen LogP contribution in [0.2, 0.25) is 0 Å². The maximum Gasteiger partial charge on any atom is 0.270 e. The van der Waals surface area contributed by atoms with E-state index in [0.29, 0.717) is 31.2 Å². The number of nitrogens with zero attached hydrogens (tertiary/aromatic N) is 2. The lowest BCUT2D eigenvalue weighted by Gasteiger charge is -2.27. The summed E-state index contributed by atoms with van der Waals surface area (Å²) >= 11 is 1.33. The third-order valence-corrected chi connectivity index (χ3v) is 4.39. The highest BCUT2D eigenvalue weighted by Gasteiger charge is 2.22. The van der Waals surface area contributed by atoms with Gasteiger partial charge >= 0.3 is 0 Å². The number of rotatable bonds is 4. The second-order valence-corrected chi connectivity index (χ2v) is 6.13. The van der Waals surface area contributed by atoms with Gasteiger partial charge in [-0.1, -0.05) is 12.1 Å². The van der Waals surface area contributed by atoms with Gasteiger partial charge < -0.3 is 15.0 Å². The molecule has 0 aliphatic carbocycles. The van der Waals surface area contributed by atoms with Crippen LogP contribution in [0.3, 0.4) is 0 Å². The van der Waals surface area contributed by atoms with Gasteiger partial charge in [-0.3, -0.25) is 14.6 Å². The number of carbonyl (C=O) groups is 2. The van der Waals surface area contributed by atoms with E-state index in [0.717, 1.165) is 5.56 Å².